The molecule has 0 radical (unpaired) electrons. The van der Waals surface area contributed by atoms with Gasteiger partial charge in [-0.15, -0.1) is 0 Å². The maximum absolute atomic E-state index is 12.0. The van der Waals surface area contributed by atoms with E-state index in [0.717, 1.165) is 10.9 Å². The first-order valence-electron chi connectivity index (χ1n) is 7.33. The Bertz CT molecular complexity index is 725. The molecule has 2 amide bonds. The van der Waals surface area contributed by atoms with Gasteiger partial charge in [0.15, 0.2) is 0 Å². The van der Waals surface area contributed by atoms with Crippen LogP contribution in [0.1, 0.15) is 12.8 Å². The summed E-state index contributed by atoms with van der Waals surface area (Å²) in [6.45, 7) is 1.28. The van der Waals surface area contributed by atoms with Crippen LogP contribution >= 0.6 is 11.6 Å². The van der Waals surface area contributed by atoms with E-state index in [0.29, 0.717) is 31.0 Å². The summed E-state index contributed by atoms with van der Waals surface area (Å²) in [5.74, 6) is -0.0983. The molecule has 1 aromatic carbocycles. The molecule has 0 unspecified atom stereocenters. The summed E-state index contributed by atoms with van der Waals surface area (Å²) >= 11 is 5.97. The van der Waals surface area contributed by atoms with Gasteiger partial charge in [-0.1, -0.05) is 11.6 Å². The molecule has 2 aromatic rings. The van der Waals surface area contributed by atoms with Crippen molar-refractivity contribution in [2.75, 3.05) is 13.6 Å². The van der Waals surface area contributed by atoms with E-state index in [1.807, 2.05) is 35.0 Å². The number of likely N-dealkylation sites (N-methyl/N-ethyl adjacent to an activating group) is 1. The summed E-state index contributed by atoms with van der Waals surface area (Å²) in [5.41, 5.74) is 1.05. The van der Waals surface area contributed by atoms with Gasteiger partial charge < -0.3 is 14.8 Å². The van der Waals surface area contributed by atoms with E-state index in [1.165, 1.54) is 0 Å². The van der Waals surface area contributed by atoms with E-state index in [-0.39, 0.29) is 17.9 Å². The topological polar surface area (TPSA) is 54.3 Å². The number of carbonyl (C=O) groups is 2. The highest BCUT2D eigenvalue weighted by Gasteiger charge is 2.29. The number of hydrogen-bond donors (Lipinski definition) is 1. The highest BCUT2D eigenvalue weighted by molar-refractivity contribution is 6.31. The number of likely N-dealkylation sites (tertiary alicyclic amines) is 1. The van der Waals surface area contributed by atoms with E-state index in [4.69, 9.17) is 11.6 Å². The first kappa shape index (κ1) is 14.9. The molecule has 1 aromatic heterocycles. The van der Waals surface area contributed by atoms with E-state index in [2.05, 4.69) is 5.32 Å². The van der Waals surface area contributed by atoms with Crippen molar-refractivity contribution in [3.05, 3.63) is 35.5 Å². The largest absolute Gasteiger partial charge is 0.347 e. The van der Waals surface area contributed by atoms with Crippen molar-refractivity contribution in [3.8, 4) is 0 Å². The zero-order valence-corrected chi connectivity index (χ0v) is 13.1. The van der Waals surface area contributed by atoms with Gasteiger partial charge in [0, 0.05) is 48.7 Å². The third-order valence-electron chi connectivity index (χ3n) is 4.08. The minimum Gasteiger partial charge on any atom is -0.347 e. The molecule has 0 bridgehead atoms. The maximum atomic E-state index is 12.0. The Balaban J connectivity index is 1.59. The smallest absolute Gasteiger partial charge is 0.244 e. The second-order valence-corrected chi connectivity index (χ2v) is 6.07. The summed E-state index contributed by atoms with van der Waals surface area (Å²) in [6, 6.07) is 7.31. The van der Waals surface area contributed by atoms with Gasteiger partial charge in [0.25, 0.3) is 0 Å². The van der Waals surface area contributed by atoms with Gasteiger partial charge in [-0.3, -0.25) is 9.59 Å². The summed E-state index contributed by atoms with van der Waals surface area (Å²) < 4.78 is 2.02. The summed E-state index contributed by atoms with van der Waals surface area (Å²) in [6.07, 6.45) is 2.98. The molecule has 116 valence electrons. The van der Waals surface area contributed by atoms with Crippen LogP contribution < -0.4 is 5.32 Å². The quantitative estimate of drug-likeness (QED) is 0.937. The number of rotatable bonds is 4. The van der Waals surface area contributed by atoms with Crippen molar-refractivity contribution in [2.45, 2.75) is 25.4 Å². The molecule has 1 aliphatic rings. The lowest BCUT2D eigenvalue weighted by Gasteiger charge is -2.12. The van der Waals surface area contributed by atoms with Gasteiger partial charge in [-0.05, 0) is 30.7 Å². The van der Waals surface area contributed by atoms with Gasteiger partial charge >= 0.3 is 0 Å². The lowest BCUT2D eigenvalue weighted by molar-refractivity contribution is -0.131. The molecular formula is C16H18ClN3O2. The summed E-state index contributed by atoms with van der Waals surface area (Å²) in [7, 11) is 1.76. The minimum atomic E-state index is -0.363. The van der Waals surface area contributed by atoms with Crippen molar-refractivity contribution in [3.63, 3.8) is 0 Å². The number of nitrogens with zero attached hydrogens (tertiary/aromatic N) is 2. The predicted molar refractivity (Wildman–Crippen MR) is 85.7 cm³/mol. The molecule has 22 heavy (non-hydrogen) atoms. The highest BCUT2D eigenvalue weighted by Crippen LogP contribution is 2.20. The Morgan fingerprint density at radius 1 is 1.41 bits per heavy atom. The molecule has 6 heteroatoms. The van der Waals surface area contributed by atoms with Crippen LogP contribution in [0.25, 0.3) is 10.9 Å². The van der Waals surface area contributed by atoms with Gasteiger partial charge in [0.2, 0.25) is 11.8 Å². The number of carbonyl (C=O) groups excluding carboxylic acids is 2. The number of amides is 2. The van der Waals surface area contributed by atoms with Crippen LogP contribution in [0.5, 0.6) is 0 Å². The zero-order valence-electron chi connectivity index (χ0n) is 12.4. The lowest BCUT2D eigenvalue weighted by atomic mass is 10.2. The first-order chi connectivity index (χ1) is 10.5. The fraction of sp³-hybridized carbons (Fsp3) is 0.375. The molecule has 1 aliphatic heterocycles. The Hall–Kier alpha value is -2.01. The SMILES string of the molecule is CN1CC[C@H](NC(=O)CCn2ccc3cc(Cl)ccc32)C1=O. The number of benzene rings is 1. The summed E-state index contributed by atoms with van der Waals surface area (Å²) in [4.78, 5) is 25.4. The van der Waals surface area contributed by atoms with Crippen molar-refractivity contribution >= 4 is 34.3 Å². The van der Waals surface area contributed by atoms with E-state index < -0.39 is 0 Å². The second-order valence-electron chi connectivity index (χ2n) is 5.63. The molecular weight excluding hydrogens is 302 g/mol. The first-order valence-corrected chi connectivity index (χ1v) is 7.71. The predicted octanol–water partition coefficient (Wildman–Crippen LogP) is 2.03. The fourth-order valence-electron chi connectivity index (χ4n) is 2.81. The number of fused-ring (bicyclic) bond motifs is 1. The van der Waals surface area contributed by atoms with Crippen molar-refractivity contribution < 1.29 is 9.59 Å². The van der Waals surface area contributed by atoms with Crippen LogP contribution in [0.2, 0.25) is 5.02 Å². The number of hydrogen-bond acceptors (Lipinski definition) is 2. The van der Waals surface area contributed by atoms with Gasteiger partial charge in [-0.25, -0.2) is 0 Å². The van der Waals surface area contributed by atoms with E-state index in [1.54, 1.807) is 11.9 Å². The zero-order chi connectivity index (χ0) is 15.7. The molecule has 3 rings (SSSR count). The summed E-state index contributed by atoms with van der Waals surface area (Å²) in [5, 5.41) is 4.57. The standard InChI is InChI=1S/C16H18ClN3O2/c1-19-7-5-13(16(19)22)18-15(21)6-9-20-8-4-11-10-12(17)2-3-14(11)20/h2-4,8,10,13H,5-7,9H2,1H3,(H,18,21)/t13-/m0/s1. The van der Waals surface area contributed by atoms with Crippen molar-refractivity contribution in [1.82, 2.24) is 14.8 Å². The number of aryl methyl sites for hydroxylation is 1. The fourth-order valence-corrected chi connectivity index (χ4v) is 2.99. The highest BCUT2D eigenvalue weighted by atomic mass is 35.5. The van der Waals surface area contributed by atoms with Crippen LogP contribution in [0, 0.1) is 0 Å². The molecule has 2 heterocycles. The average molecular weight is 320 g/mol. The Morgan fingerprint density at radius 3 is 2.95 bits per heavy atom. The Morgan fingerprint density at radius 2 is 2.23 bits per heavy atom. The molecule has 1 atom stereocenters. The average Bonchev–Trinajstić information content (AvgIpc) is 3.03. The molecule has 0 spiro atoms. The monoisotopic (exact) mass is 319 g/mol. The van der Waals surface area contributed by atoms with Gasteiger partial charge in [0.1, 0.15) is 6.04 Å². The van der Waals surface area contributed by atoms with Crippen LogP contribution in [-0.2, 0) is 16.1 Å². The van der Waals surface area contributed by atoms with E-state index >= 15 is 0 Å². The van der Waals surface area contributed by atoms with Crippen LogP contribution in [0.3, 0.4) is 0 Å². The normalized spacial score (nSPS) is 18.2. The van der Waals surface area contributed by atoms with Gasteiger partial charge in [-0.2, -0.15) is 0 Å². The lowest BCUT2D eigenvalue weighted by Crippen LogP contribution is -2.40. The molecule has 1 fully saturated rings. The van der Waals surface area contributed by atoms with E-state index in [9.17, 15) is 9.59 Å². The second kappa shape index (κ2) is 6.01. The molecule has 0 saturated carbocycles. The maximum Gasteiger partial charge on any atom is 0.244 e. The van der Waals surface area contributed by atoms with Gasteiger partial charge in [0.05, 0.1) is 0 Å². The molecule has 5 nitrogen and oxygen atoms in total. The van der Waals surface area contributed by atoms with Crippen LogP contribution in [0.15, 0.2) is 30.5 Å². The number of aromatic nitrogens is 1. The van der Waals surface area contributed by atoms with Crippen LogP contribution in [-0.4, -0.2) is 40.9 Å². The number of nitrogens with one attached hydrogen (secondary N) is 1. The molecule has 1 saturated heterocycles. The third-order valence-corrected chi connectivity index (χ3v) is 4.31. The Labute approximate surface area is 133 Å². The third kappa shape index (κ3) is 2.95. The Kier molecular flexibility index (Phi) is 4.07. The molecule has 1 N–H and O–H groups in total. The van der Waals surface area contributed by atoms with Crippen molar-refractivity contribution in [1.29, 1.82) is 0 Å². The minimum absolute atomic E-state index is 0.00518. The van der Waals surface area contributed by atoms with Crippen LogP contribution in [0.4, 0.5) is 0 Å². The number of halogens is 1. The van der Waals surface area contributed by atoms with Crippen molar-refractivity contribution in [2.24, 2.45) is 0 Å². The molecule has 0 aliphatic carbocycles.